The summed E-state index contributed by atoms with van der Waals surface area (Å²) in [6.45, 7) is 9.94. The van der Waals surface area contributed by atoms with Crippen molar-refractivity contribution in [2.75, 3.05) is 54.4 Å². The van der Waals surface area contributed by atoms with Crippen LogP contribution in [0.5, 0.6) is 11.8 Å². The van der Waals surface area contributed by atoms with Crippen molar-refractivity contribution in [3.8, 4) is 11.8 Å². The van der Waals surface area contributed by atoms with Crippen LogP contribution in [0.15, 0.2) is 30.3 Å². The molecular weight excluding hydrogens is 614 g/mol. The number of aromatic hydroxyl groups is 1. The van der Waals surface area contributed by atoms with Crippen LogP contribution in [-0.4, -0.2) is 80.8 Å². The van der Waals surface area contributed by atoms with Crippen LogP contribution in [0.25, 0.3) is 10.8 Å². The van der Waals surface area contributed by atoms with E-state index in [0.717, 1.165) is 90.5 Å². The van der Waals surface area contributed by atoms with Crippen LogP contribution in [0, 0.1) is 5.82 Å². The van der Waals surface area contributed by atoms with Crippen molar-refractivity contribution in [1.29, 1.82) is 0 Å². The monoisotopic (exact) mass is 658 g/mol. The number of ether oxygens (including phenoxy) is 1. The summed E-state index contributed by atoms with van der Waals surface area (Å²) in [5, 5.41) is 20.5. The molecule has 2 N–H and O–H groups in total. The van der Waals surface area contributed by atoms with Gasteiger partial charge in [-0.05, 0) is 68.7 Å². The highest BCUT2D eigenvalue weighted by Crippen LogP contribution is 2.42. The fraction of sp³-hybridized carbons (Fsp3) is 0.528. The molecule has 254 valence electrons. The Balaban J connectivity index is 1.17. The van der Waals surface area contributed by atoms with Gasteiger partial charge in [0.25, 0.3) is 0 Å². The smallest absolute Gasteiger partial charge is 0.318 e. The zero-order valence-corrected chi connectivity index (χ0v) is 27.8. The lowest BCUT2D eigenvalue weighted by molar-refractivity contribution is 0.107. The zero-order valence-electron chi connectivity index (χ0n) is 27.8. The minimum atomic E-state index is -0.841. The molecule has 4 aromatic rings. The Morgan fingerprint density at radius 2 is 1.94 bits per heavy atom. The van der Waals surface area contributed by atoms with Crippen LogP contribution in [0.4, 0.5) is 26.1 Å². The average molecular weight is 659 g/mol. The van der Waals surface area contributed by atoms with Gasteiger partial charge in [-0.2, -0.15) is 15.1 Å². The highest BCUT2D eigenvalue weighted by molar-refractivity contribution is 5.98. The van der Waals surface area contributed by atoms with Gasteiger partial charge in [-0.25, -0.2) is 8.78 Å². The van der Waals surface area contributed by atoms with E-state index in [1.54, 1.807) is 18.2 Å². The standard InChI is InChI=1S/C36H44F2N8O2/c1-3-27-29(38)8-7-23-15-26(47)17-31(33(23)27)43-14-9-28-30(21-43)40-35(48-22-36-10-5-12-45(36)19-24(37)18-36)41-34(28)44-11-6-13-46-25(20-44)16-32(42-46)39-4-2/h7-8,15-17,24,47H,3-6,9-14,18-22H2,1-2H3,(H,39,42)/t24-,36+/m1/s1. The molecule has 4 aliphatic heterocycles. The Morgan fingerprint density at radius 3 is 2.79 bits per heavy atom. The Labute approximate surface area is 279 Å². The van der Waals surface area contributed by atoms with Crippen LogP contribution in [0.3, 0.4) is 0 Å². The quantitative estimate of drug-likeness (QED) is 0.251. The number of alkyl halides is 1. The third-order valence-corrected chi connectivity index (χ3v) is 10.8. The van der Waals surface area contributed by atoms with Crippen LogP contribution in [0.2, 0.25) is 0 Å². The van der Waals surface area contributed by atoms with Crippen molar-refractivity contribution in [2.24, 2.45) is 0 Å². The van der Waals surface area contributed by atoms with Crippen molar-refractivity contribution in [2.45, 2.75) is 83.7 Å². The maximum atomic E-state index is 15.1. The second-order valence-electron chi connectivity index (χ2n) is 13.8. The summed E-state index contributed by atoms with van der Waals surface area (Å²) < 4.78 is 38.2. The van der Waals surface area contributed by atoms with Crippen LogP contribution < -0.4 is 19.9 Å². The number of fused-ring (bicyclic) bond motifs is 4. The van der Waals surface area contributed by atoms with Crippen LogP contribution in [0.1, 0.15) is 62.0 Å². The molecule has 0 bridgehead atoms. The Morgan fingerprint density at radius 1 is 1.04 bits per heavy atom. The lowest BCUT2D eigenvalue weighted by Gasteiger charge is -2.35. The number of anilines is 3. The molecule has 4 aliphatic rings. The fourth-order valence-corrected chi connectivity index (χ4v) is 8.55. The molecule has 0 aliphatic carbocycles. The number of halogens is 2. The summed E-state index contributed by atoms with van der Waals surface area (Å²) in [6.07, 6.45) is 3.71. The summed E-state index contributed by atoms with van der Waals surface area (Å²) >= 11 is 0. The van der Waals surface area contributed by atoms with Crippen molar-refractivity contribution < 1.29 is 18.6 Å². The minimum Gasteiger partial charge on any atom is -0.508 e. The van der Waals surface area contributed by atoms with E-state index < -0.39 is 6.17 Å². The lowest BCUT2D eigenvalue weighted by atomic mass is 9.95. The second kappa shape index (κ2) is 12.4. The summed E-state index contributed by atoms with van der Waals surface area (Å²) in [7, 11) is 0. The largest absolute Gasteiger partial charge is 0.508 e. The van der Waals surface area contributed by atoms with Gasteiger partial charge in [0.1, 0.15) is 36.0 Å². The highest BCUT2D eigenvalue weighted by atomic mass is 19.1. The van der Waals surface area contributed by atoms with E-state index in [0.29, 0.717) is 63.6 Å². The minimum absolute atomic E-state index is 0.144. The van der Waals surface area contributed by atoms with Crippen LogP contribution in [-0.2, 0) is 32.5 Å². The first-order valence-electron chi connectivity index (χ1n) is 17.5. The molecule has 10 nitrogen and oxygen atoms in total. The molecule has 2 saturated heterocycles. The Bertz CT molecular complexity index is 1850. The maximum Gasteiger partial charge on any atom is 0.318 e. The third kappa shape index (κ3) is 5.47. The molecule has 0 amide bonds. The lowest BCUT2D eigenvalue weighted by Crippen LogP contribution is -2.43. The number of hydrogen-bond acceptors (Lipinski definition) is 9. The number of nitrogens with zero attached hydrogens (tertiary/aromatic N) is 7. The molecule has 48 heavy (non-hydrogen) atoms. The van der Waals surface area contributed by atoms with Gasteiger partial charge in [-0.1, -0.05) is 13.0 Å². The van der Waals surface area contributed by atoms with Crippen molar-refractivity contribution in [3.05, 3.63) is 58.7 Å². The molecule has 2 fully saturated rings. The van der Waals surface area contributed by atoms with E-state index in [1.165, 1.54) is 6.07 Å². The zero-order chi connectivity index (χ0) is 33.0. The molecule has 0 spiro atoms. The number of nitrogens with one attached hydrogen (secondary N) is 1. The van der Waals surface area contributed by atoms with E-state index in [-0.39, 0.29) is 17.1 Å². The number of rotatable bonds is 8. The SMILES string of the molecule is CCNc1cc2n(n1)CCCN(c1nc(OC[C@@]34CCCN3C[C@H](F)C4)nc3c1CCN(c1cc(O)cc4ccc(F)c(CC)c14)C3)C2. The maximum absolute atomic E-state index is 15.1. The molecule has 8 rings (SSSR count). The molecule has 2 aromatic carbocycles. The summed E-state index contributed by atoms with van der Waals surface area (Å²) in [5.41, 5.74) is 4.18. The Hall–Kier alpha value is -4.19. The van der Waals surface area contributed by atoms with Gasteiger partial charge in [0.05, 0.1) is 30.0 Å². The first-order valence-corrected chi connectivity index (χ1v) is 17.5. The third-order valence-electron chi connectivity index (χ3n) is 10.8. The fourth-order valence-electron chi connectivity index (χ4n) is 8.55. The number of aromatic nitrogens is 4. The van der Waals surface area contributed by atoms with Gasteiger partial charge in [0.2, 0.25) is 0 Å². The van der Waals surface area contributed by atoms with Gasteiger partial charge in [0, 0.05) is 67.9 Å². The first-order chi connectivity index (χ1) is 23.3. The number of aryl methyl sites for hydroxylation is 2. The van der Waals surface area contributed by atoms with Gasteiger partial charge in [0.15, 0.2) is 0 Å². The predicted octanol–water partition coefficient (Wildman–Crippen LogP) is 5.59. The van der Waals surface area contributed by atoms with Crippen LogP contribution >= 0.6 is 0 Å². The molecule has 6 heterocycles. The summed E-state index contributed by atoms with van der Waals surface area (Å²) in [4.78, 5) is 16.9. The van der Waals surface area contributed by atoms with Crippen molar-refractivity contribution >= 4 is 28.1 Å². The van der Waals surface area contributed by atoms with E-state index in [2.05, 4.69) is 37.7 Å². The van der Waals surface area contributed by atoms with E-state index >= 15 is 4.39 Å². The normalized spacial score (nSPS) is 22.5. The van der Waals surface area contributed by atoms with Crippen molar-refractivity contribution in [3.63, 3.8) is 0 Å². The van der Waals surface area contributed by atoms with E-state index in [9.17, 15) is 9.50 Å². The van der Waals surface area contributed by atoms with Gasteiger partial charge < -0.3 is 25.0 Å². The van der Waals surface area contributed by atoms with Gasteiger partial charge >= 0.3 is 6.01 Å². The van der Waals surface area contributed by atoms with Gasteiger partial charge in [-0.15, -0.1) is 0 Å². The molecule has 0 radical (unpaired) electrons. The molecular formula is C36H44F2N8O2. The predicted molar refractivity (Wildman–Crippen MR) is 182 cm³/mol. The highest BCUT2D eigenvalue weighted by Gasteiger charge is 2.49. The number of hydrogen-bond donors (Lipinski definition) is 2. The number of phenols is 1. The number of phenolic OH excluding ortho intramolecular Hbond substituents is 1. The summed E-state index contributed by atoms with van der Waals surface area (Å²) in [5.74, 6) is 1.65. The number of benzene rings is 2. The molecule has 0 unspecified atom stereocenters. The molecule has 2 atom stereocenters. The average Bonchev–Trinajstić information content (AvgIpc) is 3.69. The van der Waals surface area contributed by atoms with E-state index in [1.807, 2.05) is 6.92 Å². The Kier molecular flexibility index (Phi) is 8.01. The molecule has 12 heteroatoms. The van der Waals surface area contributed by atoms with E-state index in [4.69, 9.17) is 19.8 Å². The topological polar surface area (TPSA) is 94.8 Å². The second-order valence-corrected chi connectivity index (χ2v) is 13.8. The van der Waals surface area contributed by atoms with Crippen molar-refractivity contribution in [1.82, 2.24) is 24.6 Å². The van der Waals surface area contributed by atoms with Gasteiger partial charge in [-0.3, -0.25) is 9.58 Å². The first kappa shape index (κ1) is 31.1. The molecule has 0 saturated carbocycles. The molecule has 2 aromatic heterocycles. The summed E-state index contributed by atoms with van der Waals surface area (Å²) in [6, 6.07) is 9.08.